The minimum absolute atomic E-state index is 0.813. The van der Waals surface area contributed by atoms with Crippen LogP contribution in [0.15, 0.2) is 48.7 Å². The van der Waals surface area contributed by atoms with Gasteiger partial charge < -0.3 is 9.88 Å². The highest BCUT2D eigenvalue weighted by Gasteiger charge is 2.06. The van der Waals surface area contributed by atoms with Crippen LogP contribution in [0.5, 0.6) is 0 Å². The van der Waals surface area contributed by atoms with Crippen LogP contribution >= 0.6 is 11.6 Å². The van der Waals surface area contributed by atoms with Gasteiger partial charge in [0.1, 0.15) is 0 Å². The average Bonchev–Trinajstić information content (AvgIpc) is 2.89. The van der Waals surface area contributed by atoms with Crippen molar-refractivity contribution >= 4 is 22.5 Å². The average molecular weight is 327 g/mol. The Balaban J connectivity index is 1.63. The van der Waals surface area contributed by atoms with E-state index in [1.54, 1.807) is 0 Å². The molecule has 0 saturated heterocycles. The van der Waals surface area contributed by atoms with Crippen LogP contribution in [-0.2, 0) is 19.5 Å². The van der Waals surface area contributed by atoms with E-state index in [1.165, 1.54) is 27.6 Å². The van der Waals surface area contributed by atoms with Gasteiger partial charge in [0, 0.05) is 35.2 Å². The summed E-state index contributed by atoms with van der Waals surface area (Å²) in [6, 6.07) is 14.9. The fourth-order valence-electron chi connectivity index (χ4n) is 3.15. The highest BCUT2D eigenvalue weighted by atomic mass is 35.5. The smallest absolute Gasteiger partial charge is 0.0483 e. The molecule has 0 aliphatic heterocycles. The summed E-state index contributed by atoms with van der Waals surface area (Å²) in [7, 11) is 0. The molecule has 0 amide bonds. The molecule has 0 fully saturated rings. The van der Waals surface area contributed by atoms with Crippen molar-refractivity contribution < 1.29 is 0 Å². The van der Waals surface area contributed by atoms with Crippen molar-refractivity contribution in [1.82, 2.24) is 9.88 Å². The molecule has 0 atom stereocenters. The molecule has 3 aromatic rings. The van der Waals surface area contributed by atoms with Gasteiger partial charge in [-0.25, -0.2) is 0 Å². The minimum atomic E-state index is 0.813. The van der Waals surface area contributed by atoms with Crippen molar-refractivity contribution in [3.63, 3.8) is 0 Å². The molecule has 0 saturated carbocycles. The largest absolute Gasteiger partial charge is 0.347 e. The fraction of sp³-hybridized carbons (Fsp3) is 0.300. The predicted octanol–water partition coefficient (Wildman–Crippen LogP) is 4.96. The lowest BCUT2D eigenvalue weighted by Gasteiger charge is -2.06. The number of aryl methyl sites for hydroxylation is 2. The molecule has 1 N–H and O–H groups in total. The lowest BCUT2D eigenvalue weighted by Crippen LogP contribution is -2.16. The molecule has 0 bridgehead atoms. The van der Waals surface area contributed by atoms with Crippen LogP contribution in [0.4, 0.5) is 0 Å². The summed E-state index contributed by atoms with van der Waals surface area (Å²) in [5.41, 5.74) is 5.19. The highest BCUT2D eigenvalue weighted by molar-refractivity contribution is 6.30. The number of hydrogen-bond acceptors (Lipinski definition) is 1. The number of fused-ring (bicyclic) bond motifs is 1. The van der Waals surface area contributed by atoms with Crippen LogP contribution in [0, 0.1) is 6.92 Å². The third kappa shape index (κ3) is 3.77. The van der Waals surface area contributed by atoms with Crippen LogP contribution in [0.1, 0.15) is 23.6 Å². The van der Waals surface area contributed by atoms with Crippen molar-refractivity contribution in [3.05, 3.63) is 70.4 Å². The zero-order chi connectivity index (χ0) is 16.2. The molecule has 0 unspecified atom stereocenters. The molecule has 1 heterocycles. The van der Waals surface area contributed by atoms with Gasteiger partial charge in [-0.05, 0) is 61.7 Å². The first-order chi connectivity index (χ1) is 11.2. The zero-order valence-corrected chi connectivity index (χ0v) is 14.5. The number of para-hydroxylation sites is 1. The molecule has 0 aliphatic rings. The van der Waals surface area contributed by atoms with Gasteiger partial charge in [0.15, 0.2) is 0 Å². The normalized spacial score (nSPS) is 11.3. The van der Waals surface area contributed by atoms with Gasteiger partial charge in [-0.3, -0.25) is 0 Å². The van der Waals surface area contributed by atoms with Crippen LogP contribution < -0.4 is 5.32 Å². The zero-order valence-electron chi connectivity index (χ0n) is 13.8. The Kier molecular flexibility index (Phi) is 5.04. The van der Waals surface area contributed by atoms with Gasteiger partial charge in [0.2, 0.25) is 0 Å². The van der Waals surface area contributed by atoms with Crippen molar-refractivity contribution in [3.8, 4) is 0 Å². The molecule has 3 heteroatoms. The van der Waals surface area contributed by atoms with Crippen LogP contribution in [-0.4, -0.2) is 11.1 Å². The van der Waals surface area contributed by atoms with Gasteiger partial charge in [-0.2, -0.15) is 0 Å². The van der Waals surface area contributed by atoms with E-state index in [-0.39, 0.29) is 0 Å². The van der Waals surface area contributed by atoms with Gasteiger partial charge in [0.25, 0.3) is 0 Å². The quantitative estimate of drug-likeness (QED) is 0.634. The molecule has 0 radical (unpaired) electrons. The third-order valence-corrected chi connectivity index (χ3v) is 4.43. The first-order valence-corrected chi connectivity index (χ1v) is 8.58. The Morgan fingerprint density at radius 3 is 2.74 bits per heavy atom. The topological polar surface area (TPSA) is 17.0 Å². The van der Waals surface area contributed by atoms with Crippen molar-refractivity contribution in [2.24, 2.45) is 0 Å². The van der Waals surface area contributed by atoms with Gasteiger partial charge in [-0.15, -0.1) is 0 Å². The van der Waals surface area contributed by atoms with Crippen molar-refractivity contribution in [2.75, 3.05) is 6.54 Å². The third-order valence-electron chi connectivity index (χ3n) is 4.21. The molecule has 1 aromatic heterocycles. The fourth-order valence-corrected chi connectivity index (χ4v) is 3.47. The standard InChI is InChI=1S/C20H23ClN2/c1-3-23-14-17(19-6-4-5-7-20(19)23)8-9-22-13-16-10-15(2)11-18(21)12-16/h4-7,10-12,14,22H,3,8-9,13H2,1-2H3. The number of halogens is 1. The lowest BCUT2D eigenvalue weighted by molar-refractivity contribution is 0.685. The van der Waals surface area contributed by atoms with E-state index in [9.17, 15) is 0 Å². The maximum absolute atomic E-state index is 6.11. The molecule has 0 aliphatic carbocycles. The molecule has 2 nitrogen and oxygen atoms in total. The van der Waals surface area contributed by atoms with E-state index in [0.29, 0.717) is 0 Å². The van der Waals surface area contributed by atoms with Crippen molar-refractivity contribution in [1.29, 1.82) is 0 Å². The summed E-state index contributed by atoms with van der Waals surface area (Å²) < 4.78 is 2.32. The molecule has 23 heavy (non-hydrogen) atoms. The number of benzene rings is 2. The van der Waals surface area contributed by atoms with Gasteiger partial charge in [0.05, 0.1) is 0 Å². The Morgan fingerprint density at radius 2 is 1.96 bits per heavy atom. The monoisotopic (exact) mass is 326 g/mol. The Labute approximate surface area is 143 Å². The Morgan fingerprint density at radius 1 is 1.13 bits per heavy atom. The first-order valence-electron chi connectivity index (χ1n) is 8.21. The minimum Gasteiger partial charge on any atom is -0.347 e. The Hall–Kier alpha value is -1.77. The summed E-state index contributed by atoms with van der Waals surface area (Å²) in [5, 5.41) is 5.71. The number of rotatable bonds is 6. The van der Waals surface area contributed by atoms with Crippen LogP contribution in [0.3, 0.4) is 0 Å². The van der Waals surface area contributed by atoms with Crippen LogP contribution in [0.25, 0.3) is 10.9 Å². The molecule has 120 valence electrons. The van der Waals surface area contributed by atoms with Crippen molar-refractivity contribution in [2.45, 2.75) is 33.4 Å². The number of nitrogens with zero attached hydrogens (tertiary/aromatic N) is 1. The van der Waals surface area contributed by atoms with E-state index >= 15 is 0 Å². The maximum atomic E-state index is 6.11. The van der Waals surface area contributed by atoms with E-state index in [0.717, 1.165) is 31.1 Å². The summed E-state index contributed by atoms with van der Waals surface area (Å²) in [6.07, 6.45) is 3.32. The van der Waals surface area contributed by atoms with Gasteiger partial charge >= 0.3 is 0 Å². The highest BCUT2D eigenvalue weighted by Crippen LogP contribution is 2.21. The second-order valence-corrected chi connectivity index (χ2v) is 6.46. The lowest BCUT2D eigenvalue weighted by atomic mass is 10.1. The second-order valence-electron chi connectivity index (χ2n) is 6.02. The Bertz CT molecular complexity index is 784. The SMILES string of the molecule is CCn1cc(CCNCc2cc(C)cc(Cl)c2)c2ccccc21. The first kappa shape index (κ1) is 16.1. The summed E-state index contributed by atoms with van der Waals surface area (Å²) in [4.78, 5) is 0. The number of hydrogen-bond donors (Lipinski definition) is 1. The summed E-state index contributed by atoms with van der Waals surface area (Å²) in [5.74, 6) is 0. The van der Waals surface area contributed by atoms with E-state index in [1.807, 2.05) is 12.1 Å². The second kappa shape index (κ2) is 7.20. The predicted molar refractivity (Wildman–Crippen MR) is 99.2 cm³/mol. The molecular weight excluding hydrogens is 304 g/mol. The molecule has 3 rings (SSSR count). The van der Waals surface area contributed by atoms with E-state index in [4.69, 9.17) is 11.6 Å². The van der Waals surface area contributed by atoms with Gasteiger partial charge in [-0.1, -0.05) is 35.9 Å². The summed E-state index contributed by atoms with van der Waals surface area (Å²) in [6.45, 7) is 7.10. The maximum Gasteiger partial charge on any atom is 0.0483 e. The molecule has 2 aromatic carbocycles. The number of nitrogens with one attached hydrogen (secondary N) is 1. The summed E-state index contributed by atoms with van der Waals surface area (Å²) >= 11 is 6.11. The molecular formula is C20H23ClN2. The number of aromatic nitrogens is 1. The molecule has 0 spiro atoms. The van der Waals surface area contributed by atoms with E-state index in [2.05, 4.69) is 60.3 Å². The van der Waals surface area contributed by atoms with Crippen LogP contribution in [0.2, 0.25) is 5.02 Å². The van der Waals surface area contributed by atoms with E-state index < -0.39 is 0 Å².